The molecule has 0 saturated carbocycles. The molecule has 0 aliphatic heterocycles. The highest BCUT2D eigenvalue weighted by molar-refractivity contribution is 9.10. The Labute approximate surface area is 118 Å². The maximum Gasteiger partial charge on any atom is 0.0992 e. The van der Waals surface area contributed by atoms with E-state index in [1.807, 2.05) is 12.1 Å². The predicted molar refractivity (Wildman–Crippen MR) is 78.0 cm³/mol. The summed E-state index contributed by atoms with van der Waals surface area (Å²) in [7, 11) is 0. The Morgan fingerprint density at radius 2 is 1.89 bits per heavy atom. The third kappa shape index (κ3) is 2.76. The Morgan fingerprint density at radius 1 is 1.17 bits per heavy atom. The Morgan fingerprint density at radius 3 is 2.50 bits per heavy atom. The lowest BCUT2D eigenvalue weighted by atomic mass is 10.2. The molecule has 0 spiro atoms. The van der Waals surface area contributed by atoms with Crippen molar-refractivity contribution < 1.29 is 0 Å². The van der Waals surface area contributed by atoms with Crippen molar-refractivity contribution in [2.75, 3.05) is 11.1 Å². The van der Waals surface area contributed by atoms with Gasteiger partial charge in [0.05, 0.1) is 28.0 Å². The van der Waals surface area contributed by atoms with Crippen LogP contribution in [0.5, 0.6) is 0 Å². The van der Waals surface area contributed by atoms with Crippen molar-refractivity contribution in [1.29, 1.82) is 5.26 Å². The molecule has 18 heavy (non-hydrogen) atoms. The molecule has 0 aliphatic carbocycles. The summed E-state index contributed by atoms with van der Waals surface area (Å²) in [6.45, 7) is 0. The van der Waals surface area contributed by atoms with Gasteiger partial charge < -0.3 is 11.1 Å². The molecular formula is C13H9BrClN3. The summed E-state index contributed by atoms with van der Waals surface area (Å²) in [6.07, 6.45) is 0. The highest BCUT2D eigenvalue weighted by atomic mass is 79.9. The number of nitrogens with two attached hydrogens (primary N) is 1. The zero-order valence-electron chi connectivity index (χ0n) is 9.24. The zero-order chi connectivity index (χ0) is 13.1. The van der Waals surface area contributed by atoms with Crippen molar-refractivity contribution in [3.8, 4) is 6.07 Å². The van der Waals surface area contributed by atoms with Crippen molar-refractivity contribution in [3.63, 3.8) is 0 Å². The van der Waals surface area contributed by atoms with Crippen molar-refractivity contribution in [3.05, 3.63) is 51.5 Å². The molecule has 0 atom stereocenters. The monoisotopic (exact) mass is 321 g/mol. The molecule has 3 nitrogen and oxygen atoms in total. The lowest BCUT2D eigenvalue weighted by molar-refractivity contribution is 1.47. The first-order valence-electron chi connectivity index (χ1n) is 5.12. The molecule has 0 bridgehead atoms. The van der Waals surface area contributed by atoms with E-state index in [9.17, 15) is 0 Å². The number of nitrogen functional groups attached to an aromatic ring is 1. The minimum atomic E-state index is 0.498. The van der Waals surface area contributed by atoms with Crippen LogP contribution in [0.3, 0.4) is 0 Å². The summed E-state index contributed by atoms with van der Waals surface area (Å²) in [5.74, 6) is 0. The van der Waals surface area contributed by atoms with E-state index < -0.39 is 0 Å². The molecule has 2 rings (SSSR count). The minimum absolute atomic E-state index is 0.498. The molecule has 2 aromatic rings. The summed E-state index contributed by atoms with van der Waals surface area (Å²) in [6, 6.07) is 12.6. The molecule has 0 fully saturated rings. The van der Waals surface area contributed by atoms with Gasteiger partial charge in [-0.05, 0) is 52.3 Å². The fourth-order valence-electron chi connectivity index (χ4n) is 1.46. The summed E-state index contributed by atoms with van der Waals surface area (Å²) < 4.78 is 0.850. The number of anilines is 3. The third-order valence-corrected chi connectivity index (χ3v) is 3.33. The molecule has 0 unspecified atom stereocenters. The molecule has 0 amide bonds. The maximum atomic E-state index is 8.77. The van der Waals surface area contributed by atoms with Crippen LogP contribution in [0.2, 0.25) is 5.02 Å². The largest absolute Gasteiger partial charge is 0.399 e. The molecule has 0 saturated heterocycles. The molecule has 3 N–H and O–H groups in total. The zero-order valence-corrected chi connectivity index (χ0v) is 11.6. The van der Waals surface area contributed by atoms with E-state index in [2.05, 4.69) is 21.2 Å². The quantitative estimate of drug-likeness (QED) is 0.810. The number of hydrogen-bond donors (Lipinski definition) is 2. The van der Waals surface area contributed by atoms with Gasteiger partial charge in [-0.25, -0.2) is 0 Å². The van der Waals surface area contributed by atoms with Crippen LogP contribution in [0.1, 0.15) is 5.56 Å². The van der Waals surface area contributed by atoms with Crippen LogP contribution in [0.25, 0.3) is 0 Å². The SMILES string of the molecule is N#Cc1ccc(Nc2ccc(N)cc2Br)c(Cl)c1. The van der Waals surface area contributed by atoms with Gasteiger partial charge >= 0.3 is 0 Å². The topological polar surface area (TPSA) is 61.8 Å². The van der Waals surface area contributed by atoms with Crippen LogP contribution in [-0.4, -0.2) is 0 Å². The van der Waals surface area contributed by atoms with E-state index in [0.29, 0.717) is 16.3 Å². The van der Waals surface area contributed by atoms with Crippen LogP contribution < -0.4 is 11.1 Å². The van der Waals surface area contributed by atoms with Gasteiger partial charge in [-0.15, -0.1) is 0 Å². The van der Waals surface area contributed by atoms with Crippen molar-refractivity contribution in [2.45, 2.75) is 0 Å². The van der Waals surface area contributed by atoms with Crippen molar-refractivity contribution >= 4 is 44.6 Å². The molecule has 5 heteroatoms. The van der Waals surface area contributed by atoms with Crippen LogP contribution in [0.15, 0.2) is 40.9 Å². The number of hydrogen-bond acceptors (Lipinski definition) is 3. The lowest BCUT2D eigenvalue weighted by Crippen LogP contribution is -1.94. The maximum absolute atomic E-state index is 8.77. The Bertz CT molecular complexity index is 635. The molecule has 2 aromatic carbocycles. The van der Waals surface area contributed by atoms with Gasteiger partial charge in [0.2, 0.25) is 0 Å². The number of halogens is 2. The standard InChI is InChI=1S/C13H9BrClN3/c14-10-6-9(17)2-4-12(10)18-13-3-1-8(7-16)5-11(13)15/h1-6,18H,17H2. The van der Waals surface area contributed by atoms with Crippen LogP contribution >= 0.6 is 27.5 Å². The molecule has 0 heterocycles. The highest BCUT2D eigenvalue weighted by Gasteiger charge is 2.05. The summed E-state index contributed by atoms with van der Waals surface area (Å²) in [4.78, 5) is 0. The van der Waals surface area contributed by atoms with Crippen LogP contribution in [0, 0.1) is 11.3 Å². The van der Waals surface area contributed by atoms with Crippen LogP contribution in [-0.2, 0) is 0 Å². The average molecular weight is 323 g/mol. The van der Waals surface area contributed by atoms with Crippen LogP contribution in [0.4, 0.5) is 17.1 Å². The smallest absolute Gasteiger partial charge is 0.0992 e. The highest BCUT2D eigenvalue weighted by Crippen LogP contribution is 2.31. The van der Waals surface area contributed by atoms with Gasteiger partial charge in [0, 0.05) is 10.2 Å². The second kappa shape index (κ2) is 5.30. The van der Waals surface area contributed by atoms with Gasteiger partial charge in [-0.3, -0.25) is 0 Å². The number of rotatable bonds is 2. The van der Waals surface area contributed by atoms with Gasteiger partial charge in [0.25, 0.3) is 0 Å². The minimum Gasteiger partial charge on any atom is -0.399 e. The summed E-state index contributed by atoms with van der Waals surface area (Å²) in [5, 5.41) is 12.4. The number of nitrogens with one attached hydrogen (secondary N) is 1. The average Bonchev–Trinajstić information content (AvgIpc) is 2.34. The normalized spacial score (nSPS) is 9.83. The van der Waals surface area contributed by atoms with E-state index in [0.717, 1.165) is 15.8 Å². The molecule has 0 aromatic heterocycles. The van der Waals surface area contributed by atoms with Gasteiger partial charge in [-0.1, -0.05) is 11.6 Å². The summed E-state index contributed by atoms with van der Waals surface area (Å²) >= 11 is 9.51. The van der Waals surface area contributed by atoms with E-state index >= 15 is 0 Å². The molecular weight excluding hydrogens is 314 g/mol. The van der Waals surface area contributed by atoms with Crippen molar-refractivity contribution in [1.82, 2.24) is 0 Å². The first-order chi connectivity index (χ1) is 8.60. The predicted octanol–water partition coefficient (Wildman–Crippen LogP) is 4.30. The van der Waals surface area contributed by atoms with E-state index in [1.54, 1.807) is 30.3 Å². The Balaban J connectivity index is 2.32. The van der Waals surface area contributed by atoms with Gasteiger partial charge in [0.15, 0.2) is 0 Å². The van der Waals surface area contributed by atoms with E-state index in [4.69, 9.17) is 22.6 Å². The fraction of sp³-hybridized carbons (Fsp3) is 0. The second-order valence-electron chi connectivity index (χ2n) is 3.67. The molecule has 90 valence electrons. The second-order valence-corrected chi connectivity index (χ2v) is 4.93. The third-order valence-electron chi connectivity index (χ3n) is 2.36. The van der Waals surface area contributed by atoms with Gasteiger partial charge in [0.1, 0.15) is 0 Å². The molecule has 0 radical (unpaired) electrons. The lowest BCUT2D eigenvalue weighted by Gasteiger charge is -2.10. The number of benzene rings is 2. The summed E-state index contributed by atoms with van der Waals surface area (Å²) in [5.41, 5.74) is 8.47. The first kappa shape index (κ1) is 12.7. The number of nitrogens with zero attached hydrogens (tertiary/aromatic N) is 1. The fourth-order valence-corrected chi connectivity index (χ4v) is 2.19. The van der Waals surface area contributed by atoms with E-state index in [1.165, 1.54) is 0 Å². The van der Waals surface area contributed by atoms with Gasteiger partial charge in [-0.2, -0.15) is 5.26 Å². The van der Waals surface area contributed by atoms with E-state index in [-0.39, 0.29) is 0 Å². The number of nitriles is 1. The first-order valence-corrected chi connectivity index (χ1v) is 6.29. The molecule has 0 aliphatic rings. The van der Waals surface area contributed by atoms with Crippen molar-refractivity contribution in [2.24, 2.45) is 0 Å². The Kier molecular flexibility index (Phi) is 3.75. The Hall–Kier alpha value is -1.70.